The van der Waals surface area contributed by atoms with E-state index in [2.05, 4.69) is 24.2 Å². The minimum absolute atomic E-state index is 0.0109. The van der Waals surface area contributed by atoms with Gasteiger partial charge in [0.25, 0.3) is 0 Å². The summed E-state index contributed by atoms with van der Waals surface area (Å²) in [5.41, 5.74) is 2.52. The summed E-state index contributed by atoms with van der Waals surface area (Å²) < 4.78 is 10.1. The molecule has 1 saturated carbocycles. The highest BCUT2D eigenvalue weighted by Gasteiger charge is 2.36. The molecule has 2 atom stereocenters. The minimum atomic E-state index is -0.206. The van der Waals surface area contributed by atoms with Gasteiger partial charge in [-0.2, -0.15) is 0 Å². The van der Waals surface area contributed by atoms with E-state index < -0.39 is 0 Å². The molecule has 2 aliphatic rings. The molecule has 2 aliphatic carbocycles. The summed E-state index contributed by atoms with van der Waals surface area (Å²) in [6.45, 7) is 4.00. The second kappa shape index (κ2) is 8.95. The van der Waals surface area contributed by atoms with Crippen molar-refractivity contribution in [3.05, 3.63) is 29.3 Å². The highest BCUT2D eigenvalue weighted by atomic mass is 16.5. The van der Waals surface area contributed by atoms with Crippen LogP contribution in [0.2, 0.25) is 0 Å². The van der Waals surface area contributed by atoms with Crippen molar-refractivity contribution in [2.75, 3.05) is 45.8 Å². The van der Waals surface area contributed by atoms with Crippen LogP contribution in [-0.4, -0.2) is 63.2 Å². The molecule has 0 aliphatic heterocycles. The number of rotatable bonds is 9. The molecule has 6 heteroatoms. The Kier molecular flexibility index (Phi) is 6.63. The lowest BCUT2D eigenvalue weighted by atomic mass is 9.79. The Labute approximate surface area is 161 Å². The number of nitrogens with one attached hydrogen (secondary N) is 1. The maximum Gasteiger partial charge on any atom is 0.250 e. The first-order valence-electron chi connectivity index (χ1n) is 9.74. The standard InChI is InChI=1S/C21H30N2O4/c1-14-10-19(23(2)12-15-4-5-15)21(25)17-7-6-16(11-18(14)17)22-20(24)13-27-9-8-26-3/h6-7,11,14-15,19H,4-5,8-10,12-13H2,1-3H3,(H,22,24). The summed E-state index contributed by atoms with van der Waals surface area (Å²) in [7, 11) is 3.66. The van der Waals surface area contributed by atoms with E-state index in [0.29, 0.717) is 18.9 Å². The Balaban J connectivity index is 1.63. The fourth-order valence-electron chi connectivity index (χ4n) is 3.74. The number of ether oxygens (including phenoxy) is 2. The number of hydrogen-bond acceptors (Lipinski definition) is 5. The molecule has 6 nitrogen and oxygen atoms in total. The van der Waals surface area contributed by atoms with Gasteiger partial charge < -0.3 is 14.8 Å². The molecular formula is C21H30N2O4. The number of carbonyl (C=O) groups is 2. The molecule has 0 aromatic heterocycles. The summed E-state index contributed by atoms with van der Waals surface area (Å²) in [6, 6.07) is 5.55. The van der Waals surface area contributed by atoms with Crippen LogP contribution in [0.4, 0.5) is 5.69 Å². The van der Waals surface area contributed by atoms with Crippen molar-refractivity contribution in [3.63, 3.8) is 0 Å². The summed E-state index contributed by atoms with van der Waals surface area (Å²) >= 11 is 0. The summed E-state index contributed by atoms with van der Waals surface area (Å²) in [6.07, 6.45) is 3.40. The number of likely N-dealkylation sites (N-methyl/N-ethyl adjacent to an activating group) is 1. The van der Waals surface area contributed by atoms with Crippen LogP contribution in [0.15, 0.2) is 18.2 Å². The van der Waals surface area contributed by atoms with Gasteiger partial charge in [-0.15, -0.1) is 0 Å². The number of amides is 1. The normalized spacial score (nSPS) is 22.0. The van der Waals surface area contributed by atoms with Gasteiger partial charge in [-0.1, -0.05) is 6.92 Å². The van der Waals surface area contributed by atoms with Crippen LogP contribution in [0, 0.1) is 5.92 Å². The van der Waals surface area contributed by atoms with Crippen molar-refractivity contribution in [2.45, 2.75) is 38.1 Å². The van der Waals surface area contributed by atoms with Crippen LogP contribution in [-0.2, 0) is 14.3 Å². The SMILES string of the molecule is COCCOCC(=O)Nc1ccc2c(c1)C(C)CC(N(C)CC1CC1)C2=O. The molecule has 0 heterocycles. The lowest BCUT2D eigenvalue weighted by Crippen LogP contribution is -2.43. The number of carbonyl (C=O) groups excluding carboxylic acids is 2. The Bertz CT molecular complexity index is 687. The molecule has 27 heavy (non-hydrogen) atoms. The van der Waals surface area contributed by atoms with E-state index in [-0.39, 0.29) is 30.3 Å². The molecule has 0 spiro atoms. The van der Waals surface area contributed by atoms with Crippen LogP contribution in [0.25, 0.3) is 0 Å². The average Bonchev–Trinajstić information content (AvgIpc) is 3.45. The van der Waals surface area contributed by atoms with Crippen LogP contribution in [0.5, 0.6) is 0 Å². The first kappa shape index (κ1) is 20.0. The largest absolute Gasteiger partial charge is 0.382 e. The van der Waals surface area contributed by atoms with Crippen LogP contribution in [0.3, 0.4) is 0 Å². The van der Waals surface area contributed by atoms with Crippen LogP contribution in [0.1, 0.15) is 48.0 Å². The van der Waals surface area contributed by atoms with E-state index in [1.54, 1.807) is 13.2 Å². The van der Waals surface area contributed by atoms with Gasteiger partial charge in [0, 0.05) is 24.9 Å². The Hall–Kier alpha value is -1.76. The summed E-state index contributed by atoms with van der Waals surface area (Å²) in [5.74, 6) is 1.04. The van der Waals surface area contributed by atoms with Gasteiger partial charge in [0.2, 0.25) is 5.91 Å². The van der Waals surface area contributed by atoms with Gasteiger partial charge in [0.1, 0.15) is 6.61 Å². The number of ketones is 1. The highest BCUT2D eigenvalue weighted by molar-refractivity contribution is 6.03. The molecular weight excluding hydrogens is 344 g/mol. The molecule has 0 saturated heterocycles. The Morgan fingerprint density at radius 3 is 2.78 bits per heavy atom. The molecule has 1 fully saturated rings. The van der Waals surface area contributed by atoms with Crippen molar-refractivity contribution >= 4 is 17.4 Å². The smallest absolute Gasteiger partial charge is 0.250 e. The van der Waals surface area contributed by atoms with Gasteiger partial charge in [-0.3, -0.25) is 14.5 Å². The lowest BCUT2D eigenvalue weighted by molar-refractivity contribution is -0.121. The number of fused-ring (bicyclic) bond motifs is 1. The first-order valence-corrected chi connectivity index (χ1v) is 9.74. The van der Waals surface area contributed by atoms with Crippen molar-refractivity contribution in [3.8, 4) is 0 Å². The zero-order valence-corrected chi connectivity index (χ0v) is 16.5. The van der Waals surface area contributed by atoms with Crippen LogP contribution < -0.4 is 5.32 Å². The zero-order valence-electron chi connectivity index (χ0n) is 16.5. The van der Waals surface area contributed by atoms with Crippen molar-refractivity contribution in [1.29, 1.82) is 0 Å². The molecule has 2 unspecified atom stereocenters. The van der Waals surface area contributed by atoms with Crippen molar-refractivity contribution in [1.82, 2.24) is 4.90 Å². The predicted octanol–water partition coefficient (Wildman–Crippen LogP) is 2.69. The molecule has 0 radical (unpaired) electrons. The van der Waals surface area contributed by atoms with E-state index in [1.807, 2.05) is 12.1 Å². The average molecular weight is 374 g/mol. The third-order valence-electron chi connectivity index (χ3n) is 5.45. The number of Topliss-reactive ketones (excluding diaryl/α,β-unsaturated/α-hetero) is 1. The minimum Gasteiger partial charge on any atom is -0.382 e. The third-order valence-corrected chi connectivity index (χ3v) is 5.45. The van der Waals surface area contributed by atoms with Gasteiger partial charge >= 0.3 is 0 Å². The summed E-state index contributed by atoms with van der Waals surface area (Å²) in [5, 5.41) is 2.85. The van der Waals surface area contributed by atoms with E-state index in [1.165, 1.54) is 12.8 Å². The highest BCUT2D eigenvalue weighted by Crippen LogP contribution is 2.36. The second-order valence-electron chi connectivity index (χ2n) is 7.80. The van der Waals surface area contributed by atoms with Crippen molar-refractivity contribution < 1.29 is 19.1 Å². The summed E-state index contributed by atoms with van der Waals surface area (Å²) in [4.78, 5) is 27.2. The molecule has 148 valence electrons. The lowest BCUT2D eigenvalue weighted by Gasteiger charge is -2.34. The zero-order chi connectivity index (χ0) is 19.4. The van der Waals surface area contributed by atoms with E-state index in [4.69, 9.17) is 9.47 Å². The number of benzene rings is 1. The molecule has 1 amide bonds. The van der Waals surface area contributed by atoms with Crippen LogP contribution >= 0.6 is 0 Å². The quantitative estimate of drug-likeness (QED) is 0.673. The number of nitrogens with zero attached hydrogens (tertiary/aromatic N) is 1. The number of methoxy groups -OCH3 is 1. The van der Waals surface area contributed by atoms with Crippen molar-refractivity contribution in [2.24, 2.45) is 5.92 Å². The number of hydrogen-bond donors (Lipinski definition) is 1. The molecule has 1 aromatic carbocycles. The Morgan fingerprint density at radius 1 is 1.30 bits per heavy atom. The molecule has 1 aromatic rings. The predicted molar refractivity (Wildman–Crippen MR) is 104 cm³/mol. The fraction of sp³-hybridized carbons (Fsp3) is 0.619. The monoisotopic (exact) mass is 374 g/mol. The second-order valence-corrected chi connectivity index (χ2v) is 7.80. The fourth-order valence-corrected chi connectivity index (χ4v) is 3.74. The van der Waals surface area contributed by atoms with Gasteiger partial charge in [0.05, 0.1) is 19.3 Å². The van der Waals surface area contributed by atoms with E-state index in [9.17, 15) is 9.59 Å². The van der Waals surface area contributed by atoms with Gasteiger partial charge in [-0.05, 0) is 61.9 Å². The maximum atomic E-state index is 13.0. The molecule has 3 rings (SSSR count). The van der Waals surface area contributed by atoms with Gasteiger partial charge in [-0.25, -0.2) is 0 Å². The number of anilines is 1. The maximum absolute atomic E-state index is 13.0. The van der Waals surface area contributed by atoms with E-state index >= 15 is 0 Å². The molecule has 0 bridgehead atoms. The third kappa shape index (κ3) is 5.15. The van der Waals surface area contributed by atoms with Gasteiger partial charge in [0.15, 0.2) is 5.78 Å². The Morgan fingerprint density at radius 2 is 2.07 bits per heavy atom. The molecule has 1 N–H and O–H groups in total. The first-order chi connectivity index (χ1) is 13.0. The topological polar surface area (TPSA) is 67.9 Å². The van der Waals surface area contributed by atoms with E-state index in [0.717, 1.165) is 30.0 Å².